The van der Waals surface area contributed by atoms with Crippen LogP contribution in [0.5, 0.6) is 0 Å². The van der Waals surface area contributed by atoms with Crippen molar-refractivity contribution in [2.45, 2.75) is 71.4 Å². The Bertz CT molecular complexity index is 565. The van der Waals surface area contributed by atoms with Gasteiger partial charge >= 0.3 is 12.1 Å². The molecule has 5 nitrogen and oxygen atoms in total. The van der Waals surface area contributed by atoms with Crippen LogP contribution < -0.4 is 5.32 Å². The third-order valence-electron chi connectivity index (χ3n) is 3.53. The molecule has 1 unspecified atom stereocenters. The van der Waals surface area contributed by atoms with Crippen LogP contribution in [0.1, 0.15) is 59.1 Å². The second-order valence-electron chi connectivity index (χ2n) is 8.02. The van der Waals surface area contributed by atoms with E-state index in [-0.39, 0.29) is 5.41 Å². The second kappa shape index (κ2) is 7.69. The molecule has 1 aromatic carbocycles. The standard InChI is InChI=1S/C19H29NO4/c1-18(2,3)14-10-7-13(8-11-14)9-12-15(16(21)22)20-17(23)24-19(4,5)6/h7-8,10-11,15H,9,12H2,1-6H3,(H,20,23)(H,21,22). The topological polar surface area (TPSA) is 75.6 Å². The van der Waals surface area contributed by atoms with Gasteiger partial charge in [0.2, 0.25) is 0 Å². The lowest BCUT2D eigenvalue weighted by molar-refractivity contribution is -0.139. The molecule has 134 valence electrons. The van der Waals surface area contributed by atoms with E-state index < -0.39 is 23.7 Å². The lowest BCUT2D eigenvalue weighted by atomic mass is 9.86. The molecule has 2 N–H and O–H groups in total. The average Bonchev–Trinajstić information content (AvgIpc) is 2.40. The number of carbonyl (C=O) groups excluding carboxylic acids is 1. The van der Waals surface area contributed by atoms with Crippen LogP contribution in [-0.2, 0) is 21.4 Å². The van der Waals surface area contributed by atoms with E-state index in [1.54, 1.807) is 20.8 Å². The van der Waals surface area contributed by atoms with Crippen molar-refractivity contribution in [3.8, 4) is 0 Å². The van der Waals surface area contributed by atoms with E-state index in [4.69, 9.17) is 4.74 Å². The zero-order valence-electron chi connectivity index (χ0n) is 15.5. The van der Waals surface area contributed by atoms with E-state index in [1.165, 1.54) is 5.56 Å². The van der Waals surface area contributed by atoms with Gasteiger partial charge in [-0.3, -0.25) is 0 Å². The second-order valence-corrected chi connectivity index (χ2v) is 8.02. The first-order chi connectivity index (χ1) is 10.9. The molecule has 0 spiro atoms. The lowest BCUT2D eigenvalue weighted by Crippen LogP contribution is -2.43. The quantitative estimate of drug-likeness (QED) is 0.856. The number of hydrogen-bond donors (Lipinski definition) is 2. The number of alkyl carbamates (subject to hydrolysis) is 1. The van der Waals surface area contributed by atoms with Crippen LogP contribution >= 0.6 is 0 Å². The minimum absolute atomic E-state index is 0.0837. The highest BCUT2D eigenvalue weighted by molar-refractivity contribution is 5.80. The molecule has 0 aromatic heterocycles. The van der Waals surface area contributed by atoms with Crippen molar-refractivity contribution in [3.63, 3.8) is 0 Å². The maximum atomic E-state index is 11.7. The fourth-order valence-electron chi connectivity index (χ4n) is 2.19. The van der Waals surface area contributed by atoms with Gasteiger partial charge in [-0.15, -0.1) is 0 Å². The Hall–Kier alpha value is -2.04. The van der Waals surface area contributed by atoms with Gasteiger partial charge in [-0.05, 0) is 50.2 Å². The normalized spacial score (nSPS) is 13.2. The van der Waals surface area contributed by atoms with E-state index in [0.717, 1.165) is 5.56 Å². The molecule has 0 aliphatic carbocycles. The predicted molar refractivity (Wildman–Crippen MR) is 94.3 cm³/mol. The number of amides is 1. The average molecular weight is 335 g/mol. The molecule has 1 rings (SSSR count). The molecule has 0 saturated carbocycles. The zero-order chi connectivity index (χ0) is 18.5. The molecule has 1 atom stereocenters. The fraction of sp³-hybridized carbons (Fsp3) is 0.579. The Morgan fingerprint density at radius 1 is 1.08 bits per heavy atom. The van der Waals surface area contributed by atoms with Crippen LogP contribution in [0.25, 0.3) is 0 Å². The molecule has 5 heteroatoms. The smallest absolute Gasteiger partial charge is 0.408 e. The summed E-state index contributed by atoms with van der Waals surface area (Å²) in [6, 6.07) is 7.17. The third-order valence-corrected chi connectivity index (χ3v) is 3.53. The monoisotopic (exact) mass is 335 g/mol. The minimum Gasteiger partial charge on any atom is -0.480 e. The number of carboxylic acid groups (broad SMARTS) is 1. The summed E-state index contributed by atoms with van der Waals surface area (Å²) in [5.41, 5.74) is 1.70. The maximum absolute atomic E-state index is 11.7. The number of aliphatic carboxylic acids is 1. The highest BCUT2D eigenvalue weighted by atomic mass is 16.6. The Labute approximate surface area is 144 Å². The molecule has 0 radical (unpaired) electrons. The third kappa shape index (κ3) is 7.02. The minimum atomic E-state index is -1.06. The Kier molecular flexibility index (Phi) is 6.41. The summed E-state index contributed by atoms with van der Waals surface area (Å²) >= 11 is 0. The van der Waals surface area contributed by atoms with Crippen molar-refractivity contribution < 1.29 is 19.4 Å². The molecule has 0 bridgehead atoms. The number of carboxylic acids is 1. The van der Waals surface area contributed by atoms with Crippen LogP contribution in [0.3, 0.4) is 0 Å². The summed E-state index contributed by atoms with van der Waals surface area (Å²) in [6.45, 7) is 11.6. The summed E-state index contributed by atoms with van der Waals surface area (Å²) < 4.78 is 5.11. The lowest BCUT2D eigenvalue weighted by Gasteiger charge is -2.22. The molecular weight excluding hydrogens is 306 g/mol. The van der Waals surface area contributed by atoms with E-state index in [2.05, 4.69) is 38.2 Å². The van der Waals surface area contributed by atoms with E-state index >= 15 is 0 Å². The number of aryl methyl sites for hydroxylation is 1. The summed E-state index contributed by atoms with van der Waals surface area (Å²) in [6.07, 6.45) is 0.165. The molecule has 1 aromatic rings. The van der Waals surface area contributed by atoms with Crippen molar-refractivity contribution in [1.29, 1.82) is 0 Å². The molecule has 0 fully saturated rings. The molecular formula is C19H29NO4. The van der Waals surface area contributed by atoms with Gasteiger partial charge in [0.05, 0.1) is 0 Å². The molecule has 1 amide bonds. The molecule has 0 aliphatic rings. The Morgan fingerprint density at radius 3 is 2.04 bits per heavy atom. The highest BCUT2D eigenvalue weighted by Crippen LogP contribution is 2.22. The molecule has 0 heterocycles. The van der Waals surface area contributed by atoms with Crippen LogP contribution in [0, 0.1) is 0 Å². The maximum Gasteiger partial charge on any atom is 0.408 e. The van der Waals surface area contributed by atoms with Gasteiger partial charge in [0.1, 0.15) is 11.6 Å². The summed E-state index contributed by atoms with van der Waals surface area (Å²) in [5.74, 6) is -1.06. The van der Waals surface area contributed by atoms with Crippen LogP contribution in [0.2, 0.25) is 0 Å². The van der Waals surface area contributed by atoms with Gasteiger partial charge in [0, 0.05) is 0 Å². The number of hydrogen-bond acceptors (Lipinski definition) is 3. The van der Waals surface area contributed by atoms with Crippen LogP contribution in [0.15, 0.2) is 24.3 Å². The van der Waals surface area contributed by atoms with Crippen molar-refractivity contribution in [2.24, 2.45) is 0 Å². The number of benzene rings is 1. The summed E-state index contributed by atoms with van der Waals surface area (Å²) in [4.78, 5) is 23.1. The van der Waals surface area contributed by atoms with Gasteiger partial charge in [-0.1, -0.05) is 45.0 Å². The first kappa shape index (κ1) is 20.0. The van der Waals surface area contributed by atoms with Gasteiger partial charge in [-0.25, -0.2) is 9.59 Å². The van der Waals surface area contributed by atoms with Gasteiger partial charge in [0.25, 0.3) is 0 Å². The number of ether oxygens (including phenoxy) is 1. The molecule has 24 heavy (non-hydrogen) atoms. The molecule has 0 saturated heterocycles. The SMILES string of the molecule is CC(C)(C)OC(=O)NC(CCc1ccc(C(C)(C)C)cc1)C(=O)O. The van der Waals surface area contributed by atoms with Crippen LogP contribution in [0.4, 0.5) is 4.79 Å². The fourth-order valence-corrected chi connectivity index (χ4v) is 2.19. The number of rotatable bonds is 5. The van der Waals surface area contributed by atoms with Crippen LogP contribution in [-0.4, -0.2) is 28.8 Å². The van der Waals surface area contributed by atoms with E-state index in [1.807, 2.05) is 12.1 Å². The Morgan fingerprint density at radius 2 is 1.62 bits per heavy atom. The summed E-state index contributed by atoms with van der Waals surface area (Å²) in [5, 5.41) is 11.7. The highest BCUT2D eigenvalue weighted by Gasteiger charge is 2.23. The largest absolute Gasteiger partial charge is 0.480 e. The number of nitrogens with one attached hydrogen (secondary N) is 1. The predicted octanol–water partition coefficient (Wildman–Crippen LogP) is 3.89. The van der Waals surface area contributed by atoms with E-state index in [0.29, 0.717) is 12.8 Å². The number of carbonyl (C=O) groups is 2. The summed E-state index contributed by atoms with van der Waals surface area (Å²) in [7, 11) is 0. The van der Waals surface area contributed by atoms with Crippen molar-refractivity contribution in [3.05, 3.63) is 35.4 Å². The van der Waals surface area contributed by atoms with Gasteiger partial charge in [-0.2, -0.15) is 0 Å². The van der Waals surface area contributed by atoms with Crippen molar-refractivity contribution in [1.82, 2.24) is 5.32 Å². The molecule has 0 aliphatic heterocycles. The Balaban J connectivity index is 2.64. The van der Waals surface area contributed by atoms with Crippen molar-refractivity contribution >= 4 is 12.1 Å². The first-order valence-electron chi connectivity index (χ1n) is 8.20. The van der Waals surface area contributed by atoms with E-state index in [9.17, 15) is 14.7 Å². The van der Waals surface area contributed by atoms with Gasteiger partial charge in [0.15, 0.2) is 0 Å². The van der Waals surface area contributed by atoms with Gasteiger partial charge < -0.3 is 15.2 Å². The zero-order valence-corrected chi connectivity index (χ0v) is 15.5. The van der Waals surface area contributed by atoms with Crippen molar-refractivity contribution in [2.75, 3.05) is 0 Å². The first-order valence-corrected chi connectivity index (χ1v) is 8.20.